The lowest BCUT2D eigenvalue weighted by molar-refractivity contribution is -0.00889. The fourth-order valence-electron chi connectivity index (χ4n) is 1.49. The van der Waals surface area contributed by atoms with Crippen molar-refractivity contribution < 1.29 is 14.4 Å². The molecule has 1 aromatic carbocycles. The molecule has 0 unspecified atom stereocenters. The summed E-state index contributed by atoms with van der Waals surface area (Å²) in [6, 6.07) is 6.53. The highest BCUT2D eigenvalue weighted by Gasteiger charge is 2.34. The Morgan fingerprint density at radius 1 is 1.13 bits per heavy atom. The van der Waals surface area contributed by atoms with E-state index in [1.807, 2.05) is 0 Å². The minimum Gasteiger partial charge on any atom is -0.361 e. The number of Topliss-reactive ketones (excluding diaryl/α,β-unsaturated/α-hetero) is 2. The molecule has 76 valence electrons. The Labute approximate surface area is 93.0 Å². The largest absolute Gasteiger partial charge is 0.361 e. The van der Waals surface area contributed by atoms with E-state index in [4.69, 9.17) is 5.53 Å². The lowest BCUT2D eigenvalue weighted by Gasteiger charge is -2.08. The van der Waals surface area contributed by atoms with Gasteiger partial charge in [-0.2, -0.15) is 18.3 Å². The fraction of sp³-hybridized carbons (Fsp3) is 0.100. The lowest BCUT2D eigenvalue weighted by atomic mass is 9.88. The zero-order chi connectivity index (χ0) is 10.1. The second-order valence-corrected chi connectivity index (χ2v) is 3.02. The van der Waals surface area contributed by atoms with Crippen LogP contribution in [0.5, 0.6) is 0 Å². The summed E-state index contributed by atoms with van der Waals surface area (Å²) in [7, 11) is 0. The zero-order valence-corrected chi connectivity index (χ0v) is 8.73. The van der Waals surface area contributed by atoms with Gasteiger partial charge in [-0.25, -0.2) is 0 Å². The lowest BCUT2D eigenvalue weighted by Crippen LogP contribution is -2.27. The molecule has 0 heterocycles. The van der Waals surface area contributed by atoms with Crippen molar-refractivity contribution in [3.63, 3.8) is 0 Å². The number of carbonyl (C=O) groups excluding carboxylic acids is 2. The molecule has 0 aromatic heterocycles. The Hall–Kier alpha value is -1.71. The number of ketones is 2. The Morgan fingerprint density at radius 3 is 2.33 bits per heavy atom. The fourth-order valence-corrected chi connectivity index (χ4v) is 1.49. The van der Waals surface area contributed by atoms with Gasteiger partial charge in [0, 0.05) is 11.1 Å². The molecule has 0 bridgehead atoms. The molecule has 0 saturated carbocycles. The van der Waals surface area contributed by atoms with E-state index < -0.39 is 0 Å². The van der Waals surface area contributed by atoms with Crippen LogP contribution in [-0.2, 0) is 0 Å². The first kappa shape index (κ1) is 11.4. The summed E-state index contributed by atoms with van der Waals surface area (Å²) in [6.07, 6.45) is -0.119. The van der Waals surface area contributed by atoms with E-state index in [-0.39, 0.29) is 37.2 Å². The molecular formula is C10H8N2O2S. The van der Waals surface area contributed by atoms with Crippen LogP contribution in [0.1, 0.15) is 27.1 Å². The van der Waals surface area contributed by atoms with Crippen LogP contribution in [0.25, 0.3) is 5.53 Å². The van der Waals surface area contributed by atoms with Gasteiger partial charge in [-0.15, -0.1) is 0 Å². The second-order valence-electron chi connectivity index (χ2n) is 3.02. The number of hydrogen-bond acceptors (Lipinski definition) is 2. The molecule has 0 fully saturated rings. The Morgan fingerprint density at radius 2 is 1.73 bits per heavy atom. The van der Waals surface area contributed by atoms with Crippen molar-refractivity contribution in [1.82, 2.24) is 0 Å². The van der Waals surface area contributed by atoms with Crippen LogP contribution >= 0.6 is 13.5 Å². The van der Waals surface area contributed by atoms with E-state index in [1.54, 1.807) is 24.3 Å². The van der Waals surface area contributed by atoms with Gasteiger partial charge in [0.25, 0.3) is 5.78 Å². The Bertz CT molecular complexity index is 490. The van der Waals surface area contributed by atoms with Crippen molar-refractivity contribution in [3.05, 3.63) is 40.9 Å². The molecule has 0 atom stereocenters. The third kappa shape index (κ3) is 1.75. The maximum atomic E-state index is 11.6. The maximum Gasteiger partial charge on any atom is 0.347 e. The van der Waals surface area contributed by atoms with E-state index in [9.17, 15) is 9.59 Å². The van der Waals surface area contributed by atoms with Crippen LogP contribution in [0.3, 0.4) is 0 Å². The molecule has 1 aromatic rings. The number of nitrogens with zero attached hydrogens (tertiary/aromatic N) is 2. The SMILES string of the molecule is S.[N-]=[N+]=C1CC(=O)c2ccccc2C1=O. The minimum absolute atomic E-state index is 0. The molecule has 2 rings (SSSR count). The molecule has 5 heteroatoms. The van der Waals surface area contributed by atoms with Crippen molar-refractivity contribution in [2.45, 2.75) is 6.42 Å². The van der Waals surface area contributed by atoms with Gasteiger partial charge in [0.05, 0.1) is 0 Å². The number of rotatable bonds is 0. The molecular weight excluding hydrogens is 212 g/mol. The van der Waals surface area contributed by atoms with Crippen LogP contribution < -0.4 is 0 Å². The third-order valence-electron chi connectivity index (χ3n) is 2.18. The monoisotopic (exact) mass is 220 g/mol. The van der Waals surface area contributed by atoms with Gasteiger partial charge in [0.1, 0.15) is 6.42 Å². The highest BCUT2D eigenvalue weighted by atomic mass is 32.1. The molecule has 0 N–H and O–H groups in total. The summed E-state index contributed by atoms with van der Waals surface area (Å²) in [5.74, 6) is -0.560. The highest BCUT2D eigenvalue weighted by Crippen LogP contribution is 2.18. The van der Waals surface area contributed by atoms with E-state index >= 15 is 0 Å². The van der Waals surface area contributed by atoms with Gasteiger partial charge in [-0.05, 0) is 0 Å². The van der Waals surface area contributed by atoms with Crippen LogP contribution in [0.4, 0.5) is 0 Å². The van der Waals surface area contributed by atoms with Crippen molar-refractivity contribution in [2.75, 3.05) is 0 Å². The summed E-state index contributed by atoms with van der Waals surface area (Å²) in [4.78, 5) is 25.8. The molecule has 0 spiro atoms. The van der Waals surface area contributed by atoms with Gasteiger partial charge in [0.2, 0.25) is 0 Å². The third-order valence-corrected chi connectivity index (χ3v) is 2.18. The van der Waals surface area contributed by atoms with Gasteiger partial charge in [-0.3, -0.25) is 9.59 Å². The number of hydrogen-bond donors (Lipinski definition) is 0. The first-order valence-corrected chi connectivity index (χ1v) is 4.12. The van der Waals surface area contributed by atoms with Gasteiger partial charge in [-0.1, -0.05) is 24.3 Å². The minimum atomic E-state index is -0.372. The Kier molecular flexibility index (Phi) is 3.19. The molecule has 4 nitrogen and oxygen atoms in total. The van der Waals surface area contributed by atoms with Crippen molar-refractivity contribution in [2.24, 2.45) is 0 Å². The van der Waals surface area contributed by atoms with Gasteiger partial charge < -0.3 is 5.53 Å². The predicted molar refractivity (Wildman–Crippen MR) is 58.7 cm³/mol. The maximum absolute atomic E-state index is 11.6. The van der Waals surface area contributed by atoms with Crippen LogP contribution in [-0.4, -0.2) is 22.1 Å². The molecule has 1 aliphatic carbocycles. The van der Waals surface area contributed by atoms with Gasteiger partial charge >= 0.3 is 5.71 Å². The standard InChI is InChI=1S/C10H6N2O2.H2S/c11-12-8-5-9(13)6-3-1-2-4-7(6)10(8)14;/h1-4H,5H2;1H2. The summed E-state index contributed by atoms with van der Waals surface area (Å²) in [5, 5.41) is 0. The first-order chi connectivity index (χ1) is 6.74. The summed E-state index contributed by atoms with van der Waals surface area (Å²) in [5.41, 5.74) is 9.15. The van der Waals surface area contributed by atoms with Crippen molar-refractivity contribution in [1.29, 1.82) is 0 Å². The van der Waals surface area contributed by atoms with Crippen LogP contribution in [0.15, 0.2) is 24.3 Å². The zero-order valence-electron chi connectivity index (χ0n) is 7.73. The topological polar surface area (TPSA) is 70.5 Å². The summed E-state index contributed by atoms with van der Waals surface area (Å²) in [6.45, 7) is 0. The normalized spacial score (nSPS) is 14.0. The molecule has 0 aliphatic heterocycles. The van der Waals surface area contributed by atoms with E-state index in [2.05, 4.69) is 4.79 Å². The van der Waals surface area contributed by atoms with E-state index in [0.717, 1.165) is 0 Å². The summed E-state index contributed by atoms with van der Waals surface area (Å²) >= 11 is 0. The van der Waals surface area contributed by atoms with Crippen LogP contribution in [0, 0.1) is 0 Å². The van der Waals surface area contributed by atoms with Gasteiger partial charge in [0.15, 0.2) is 5.78 Å². The second kappa shape index (κ2) is 4.21. The number of benzene rings is 1. The molecule has 15 heavy (non-hydrogen) atoms. The molecule has 0 amide bonds. The van der Waals surface area contributed by atoms with E-state index in [0.29, 0.717) is 11.1 Å². The average Bonchev–Trinajstić information content (AvgIpc) is 2.23. The quantitative estimate of drug-likeness (QED) is 0.487. The smallest absolute Gasteiger partial charge is 0.347 e. The molecule has 0 radical (unpaired) electrons. The Balaban J connectivity index is 0.00000112. The number of carbonyl (C=O) groups is 2. The molecule has 0 saturated heterocycles. The predicted octanol–water partition coefficient (Wildman–Crippen LogP) is 1.24. The molecule has 1 aliphatic rings. The van der Waals surface area contributed by atoms with E-state index in [1.165, 1.54) is 0 Å². The van der Waals surface area contributed by atoms with Crippen LogP contribution in [0.2, 0.25) is 0 Å². The van der Waals surface area contributed by atoms with Crippen molar-refractivity contribution in [3.8, 4) is 0 Å². The average molecular weight is 220 g/mol. The van der Waals surface area contributed by atoms with Crippen molar-refractivity contribution >= 4 is 30.8 Å². The number of fused-ring (bicyclic) bond motifs is 1. The summed E-state index contributed by atoms with van der Waals surface area (Å²) < 4.78 is 0. The first-order valence-electron chi connectivity index (χ1n) is 4.12. The highest BCUT2D eigenvalue weighted by molar-refractivity contribution is 7.59.